The fraction of sp³-hybridized carbons (Fsp3) is 0.571. The number of ether oxygens (including phenoxy) is 1. The zero-order valence-corrected chi connectivity index (χ0v) is 6.55. The molecule has 0 N–H and O–H groups in total. The monoisotopic (exact) mass is 158 g/mol. The van der Waals surface area contributed by atoms with Crippen molar-refractivity contribution in [1.29, 1.82) is 0 Å². The van der Waals surface area contributed by atoms with Crippen molar-refractivity contribution in [3.63, 3.8) is 0 Å². The van der Waals surface area contributed by atoms with Crippen LogP contribution in [0.25, 0.3) is 0 Å². The molecule has 4 nitrogen and oxygen atoms in total. The molecule has 0 atom stereocenters. The van der Waals surface area contributed by atoms with Crippen molar-refractivity contribution < 1.29 is 19.1 Å². The molecule has 0 aromatic carbocycles. The lowest BCUT2D eigenvalue weighted by Gasteiger charge is -2.06. The van der Waals surface area contributed by atoms with Gasteiger partial charge in [0.1, 0.15) is 12.2 Å². The fourth-order valence-corrected chi connectivity index (χ4v) is 0.236. The molecular formula is C7H10O4. The molecule has 0 unspecified atom stereocenters. The quantitative estimate of drug-likeness (QED) is 0.410. The number of Topliss-reactive ketones (excluding diaryl/α,β-unsaturated/α-hetero) is 1. The summed E-state index contributed by atoms with van der Waals surface area (Å²) < 4.78 is 3.86. The number of cyclic esters (lactones) is 2. The molecule has 0 saturated carbocycles. The van der Waals surface area contributed by atoms with Crippen molar-refractivity contribution in [2.45, 2.75) is 26.7 Å². The molecule has 62 valence electrons. The van der Waals surface area contributed by atoms with E-state index in [1.807, 2.05) is 6.92 Å². The summed E-state index contributed by atoms with van der Waals surface area (Å²) in [5.74, 6) is -0.579. The van der Waals surface area contributed by atoms with E-state index in [-0.39, 0.29) is 12.2 Å². The third-order valence-electron chi connectivity index (χ3n) is 1.01. The molecule has 1 rings (SSSR count). The summed E-state index contributed by atoms with van der Waals surface area (Å²) in [5.41, 5.74) is 0. The molecule has 1 fully saturated rings. The first-order chi connectivity index (χ1) is 5.06. The van der Waals surface area contributed by atoms with Crippen LogP contribution in [0.2, 0.25) is 0 Å². The van der Waals surface area contributed by atoms with Crippen molar-refractivity contribution in [1.82, 2.24) is 0 Å². The normalized spacial score (nSPS) is 14.0. The summed E-state index contributed by atoms with van der Waals surface area (Å²) in [5, 5.41) is 0. The number of hydrogen-bond acceptors (Lipinski definition) is 4. The first kappa shape index (κ1) is 9.81. The minimum Gasteiger partial charge on any atom is -0.392 e. The Bertz CT molecular complexity index is 161. The minimum absolute atomic E-state index is 0.0278. The molecular weight excluding hydrogens is 148 g/mol. The van der Waals surface area contributed by atoms with Gasteiger partial charge >= 0.3 is 11.9 Å². The average molecular weight is 158 g/mol. The van der Waals surface area contributed by atoms with Gasteiger partial charge in [-0.25, -0.2) is 0 Å². The van der Waals surface area contributed by atoms with Crippen LogP contribution in [-0.2, 0) is 19.1 Å². The highest BCUT2D eigenvalue weighted by Crippen LogP contribution is 2.00. The van der Waals surface area contributed by atoms with Gasteiger partial charge < -0.3 is 9.53 Å². The van der Waals surface area contributed by atoms with Gasteiger partial charge in [-0.15, -0.1) is 0 Å². The highest BCUT2D eigenvalue weighted by atomic mass is 16.6. The molecule has 1 heterocycles. The lowest BCUT2D eigenvalue weighted by atomic mass is 10.4. The average Bonchev–Trinajstić information content (AvgIpc) is 1.87. The Morgan fingerprint density at radius 3 is 1.73 bits per heavy atom. The van der Waals surface area contributed by atoms with E-state index in [1.165, 1.54) is 0 Å². The summed E-state index contributed by atoms with van der Waals surface area (Å²) in [4.78, 5) is 29.1. The van der Waals surface area contributed by atoms with Crippen LogP contribution in [0.3, 0.4) is 0 Å². The van der Waals surface area contributed by atoms with Gasteiger partial charge in [-0.05, 0) is 6.92 Å². The molecule has 0 aliphatic carbocycles. The highest BCUT2D eigenvalue weighted by Gasteiger charge is 2.24. The van der Waals surface area contributed by atoms with Gasteiger partial charge in [-0.3, -0.25) is 9.59 Å². The molecule has 4 heteroatoms. The largest absolute Gasteiger partial charge is 0.392 e. The van der Waals surface area contributed by atoms with Gasteiger partial charge in [0.05, 0.1) is 0 Å². The molecule has 0 spiro atoms. The molecule has 11 heavy (non-hydrogen) atoms. The Kier molecular flexibility index (Phi) is 4.10. The van der Waals surface area contributed by atoms with Crippen molar-refractivity contribution in [3.05, 3.63) is 0 Å². The van der Waals surface area contributed by atoms with E-state index in [1.54, 1.807) is 6.92 Å². The van der Waals surface area contributed by atoms with Crippen LogP contribution in [0.5, 0.6) is 0 Å². The Labute approximate surface area is 64.5 Å². The van der Waals surface area contributed by atoms with Crippen LogP contribution in [0, 0.1) is 0 Å². The van der Waals surface area contributed by atoms with Gasteiger partial charge in [0, 0.05) is 6.42 Å². The summed E-state index contributed by atoms with van der Waals surface area (Å²) in [6.45, 7) is 3.43. The van der Waals surface area contributed by atoms with Gasteiger partial charge in [-0.1, -0.05) is 6.92 Å². The number of carbonyl (C=O) groups is 3. The van der Waals surface area contributed by atoms with Gasteiger partial charge in [-0.2, -0.15) is 0 Å². The number of hydrogen-bond donors (Lipinski definition) is 0. The predicted octanol–water partition coefficient (Wildman–Crippen LogP) is 0.445. The standard InChI is InChI=1S/C4H8O.C3H2O3/c1-3-4(2)5;4-2-1-3(5)6-2/h3H2,1-2H3;1H2. The second-order valence-corrected chi connectivity index (χ2v) is 2.08. The van der Waals surface area contributed by atoms with Crippen LogP contribution in [0.1, 0.15) is 26.7 Å². The van der Waals surface area contributed by atoms with Crippen molar-refractivity contribution in [2.75, 3.05) is 0 Å². The maximum Gasteiger partial charge on any atom is 0.324 e. The Morgan fingerprint density at radius 1 is 1.45 bits per heavy atom. The smallest absolute Gasteiger partial charge is 0.324 e. The van der Waals surface area contributed by atoms with E-state index in [2.05, 4.69) is 4.74 Å². The predicted molar refractivity (Wildman–Crippen MR) is 36.7 cm³/mol. The molecule has 0 aromatic rings. The Hall–Kier alpha value is -1.19. The first-order valence-corrected chi connectivity index (χ1v) is 3.29. The fourth-order valence-electron chi connectivity index (χ4n) is 0.236. The zero-order chi connectivity index (χ0) is 8.85. The lowest BCUT2D eigenvalue weighted by molar-refractivity contribution is -0.174. The number of esters is 2. The van der Waals surface area contributed by atoms with E-state index in [4.69, 9.17) is 0 Å². The van der Waals surface area contributed by atoms with Crippen LogP contribution >= 0.6 is 0 Å². The Morgan fingerprint density at radius 2 is 1.73 bits per heavy atom. The number of ketones is 1. The van der Waals surface area contributed by atoms with E-state index in [0.29, 0.717) is 6.42 Å². The maximum atomic E-state index is 9.81. The summed E-state index contributed by atoms with van der Waals surface area (Å²) in [6.07, 6.45) is 0.639. The molecule has 1 aliphatic heterocycles. The van der Waals surface area contributed by atoms with Crippen LogP contribution in [-0.4, -0.2) is 17.7 Å². The second-order valence-electron chi connectivity index (χ2n) is 2.08. The Balaban J connectivity index is 0.000000187. The summed E-state index contributed by atoms with van der Waals surface area (Å²) in [6, 6.07) is 0. The van der Waals surface area contributed by atoms with Crippen LogP contribution in [0.4, 0.5) is 0 Å². The van der Waals surface area contributed by atoms with Crippen molar-refractivity contribution in [3.8, 4) is 0 Å². The highest BCUT2D eigenvalue weighted by molar-refractivity contribution is 6.06. The summed E-state index contributed by atoms with van der Waals surface area (Å²) in [7, 11) is 0. The zero-order valence-electron chi connectivity index (χ0n) is 6.55. The minimum atomic E-state index is -0.417. The maximum absolute atomic E-state index is 9.81. The second kappa shape index (κ2) is 4.60. The van der Waals surface area contributed by atoms with Gasteiger partial charge in [0.25, 0.3) is 0 Å². The van der Waals surface area contributed by atoms with Crippen molar-refractivity contribution >= 4 is 17.7 Å². The molecule has 1 saturated heterocycles. The summed E-state index contributed by atoms with van der Waals surface area (Å²) >= 11 is 0. The van der Waals surface area contributed by atoms with E-state index < -0.39 is 11.9 Å². The molecule has 0 bridgehead atoms. The SMILES string of the molecule is CCC(C)=O.O=C1CC(=O)O1. The van der Waals surface area contributed by atoms with Gasteiger partial charge in [0.15, 0.2) is 0 Å². The lowest BCUT2D eigenvalue weighted by Crippen LogP contribution is -2.26. The van der Waals surface area contributed by atoms with Crippen LogP contribution < -0.4 is 0 Å². The third-order valence-corrected chi connectivity index (χ3v) is 1.01. The number of carbonyl (C=O) groups excluding carboxylic acids is 3. The van der Waals surface area contributed by atoms with E-state index in [0.717, 1.165) is 0 Å². The molecule has 0 aromatic heterocycles. The van der Waals surface area contributed by atoms with Crippen LogP contribution in [0.15, 0.2) is 0 Å². The third kappa shape index (κ3) is 5.26. The van der Waals surface area contributed by atoms with Gasteiger partial charge in [0.2, 0.25) is 0 Å². The van der Waals surface area contributed by atoms with Crippen molar-refractivity contribution in [2.24, 2.45) is 0 Å². The first-order valence-electron chi connectivity index (χ1n) is 3.29. The van der Waals surface area contributed by atoms with E-state index >= 15 is 0 Å². The molecule has 0 amide bonds. The molecule has 1 aliphatic rings. The number of rotatable bonds is 1. The van der Waals surface area contributed by atoms with E-state index in [9.17, 15) is 14.4 Å². The topological polar surface area (TPSA) is 60.4 Å². The molecule has 0 radical (unpaired) electrons.